The molecule has 1 atom stereocenters. The number of amides is 2. The Kier molecular flexibility index (Phi) is 5.05. The van der Waals surface area contributed by atoms with Gasteiger partial charge in [-0.2, -0.15) is 0 Å². The van der Waals surface area contributed by atoms with Crippen LogP contribution in [0.4, 0.5) is 0 Å². The Morgan fingerprint density at radius 3 is 2.10 bits per heavy atom. The zero-order valence-corrected chi connectivity index (χ0v) is 13.5. The third kappa shape index (κ3) is 3.52. The van der Waals surface area contributed by atoms with Crippen LogP contribution >= 0.6 is 27.5 Å². The zero-order valence-electron chi connectivity index (χ0n) is 11.2. The van der Waals surface area contributed by atoms with Crippen molar-refractivity contribution in [3.63, 3.8) is 0 Å². The van der Waals surface area contributed by atoms with Crippen molar-refractivity contribution in [1.82, 2.24) is 9.80 Å². The highest BCUT2D eigenvalue weighted by Gasteiger charge is 2.26. The minimum atomic E-state index is -0.510. The number of carbonyl (C=O) groups excluding carboxylic acids is 2. The van der Waals surface area contributed by atoms with Gasteiger partial charge < -0.3 is 9.80 Å². The van der Waals surface area contributed by atoms with Gasteiger partial charge in [0.2, 0.25) is 5.91 Å². The Hall–Kier alpha value is -1.07. The summed E-state index contributed by atoms with van der Waals surface area (Å²) in [4.78, 5) is 27.6. The molecule has 1 heterocycles. The first kappa shape index (κ1) is 15.3. The lowest BCUT2D eigenvalue weighted by Gasteiger charge is -2.35. The van der Waals surface area contributed by atoms with Crippen molar-refractivity contribution in [3.05, 3.63) is 34.3 Å². The van der Waals surface area contributed by atoms with Gasteiger partial charge in [0, 0.05) is 36.2 Å². The molecule has 0 saturated carbocycles. The average Bonchev–Trinajstić information content (AvgIpc) is 2.46. The minimum Gasteiger partial charge on any atom is -0.338 e. The molecule has 0 bridgehead atoms. The van der Waals surface area contributed by atoms with Crippen LogP contribution in [-0.4, -0.2) is 53.2 Å². The monoisotopic (exact) mass is 358 g/mol. The van der Waals surface area contributed by atoms with Crippen LogP contribution in [0.15, 0.2) is 28.7 Å². The number of hydrogen-bond donors (Lipinski definition) is 0. The van der Waals surface area contributed by atoms with Crippen LogP contribution in [0.25, 0.3) is 0 Å². The lowest BCUT2D eigenvalue weighted by Crippen LogP contribution is -2.52. The molecule has 0 aromatic heterocycles. The summed E-state index contributed by atoms with van der Waals surface area (Å²) in [7, 11) is 0. The van der Waals surface area contributed by atoms with Crippen LogP contribution in [0.5, 0.6) is 0 Å². The zero-order chi connectivity index (χ0) is 14.7. The Bertz CT molecular complexity index is 496. The molecule has 1 aromatic rings. The second kappa shape index (κ2) is 6.59. The van der Waals surface area contributed by atoms with Gasteiger partial charge in [0.05, 0.1) is 0 Å². The first-order chi connectivity index (χ1) is 9.49. The fourth-order valence-corrected chi connectivity index (χ4v) is 2.56. The molecule has 0 aliphatic carbocycles. The number of alkyl halides is 1. The normalized spacial score (nSPS) is 16.9. The molecule has 6 heteroatoms. The number of carbonyl (C=O) groups is 2. The number of piperazine rings is 1. The van der Waals surface area contributed by atoms with E-state index in [2.05, 4.69) is 15.9 Å². The first-order valence-electron chi connectivity index (χ1n) is 6.46. The minimum absolute atomic E-state index is 0.00326. The Labute approximate surface area is 131 Å². The molecule has 108 valence electrons. The van der Waals surface area contributed by atoms with E-state index in [9.17, 15) is 9.59 Å². The third-order valence-electron chi connectivity index (χ3n) is 3.31. The molecule has 1 aliphatic heterocycles. The summed E-state index contributed by atoms with van der Waals surface area (Å²) in [6.45, 7) is 3.84. The van der Waals surface area contributed by atoms with E-state index in [4.69, 9.17) is 11.6 Å². The predicted molar refractivity (Wildman–Crippen MR) is 81.9 cm³/mol. The van der Waals surface area contributed by atoms with Crippen molar-refractivity contribution in [3.8, 4) is 0 Å². The van der Waals surface area contributed by atoms with E-state index >= 15 is 0 Å². The molecular weight excluding hydrogens is 344 g/mol. The summed E-state index contributed by atoms with van der Waals surface area (Å²) in [5.41, 5.74) is 0.665. The maximum absolute atomic E-state index is 12.3. The van der Waals surface area contributed by atoms with E-state index in [-0.39, 0.29) is 11.8 Å². The standard InChI is InChI=1S/C14H16BrClN2O2/c1-10(16)13(19)17-6-8-18(9-7-17)14(20)11-2-4-12(15)5-3-11/h2-5,10H,6-9H2,1H3. The van der Waals surface area contributed by atoms with Crippen molar-refractivity contribution in [2.75, 3.05) is 26.2 Å². The number of hydrogen-bond acceptors (Lipinski definition) is 2. The predicted octanol–water partition coefficient (Wildman–Crippen LogP) is 2.36. The fourth-order valence-electron chi connectivity index (χ4n) is 2.16. The number of halogens is 2. The van der Waals surface area contributed by atoms with E-state index in [0.717, 1.165) is 4.47 Å². The molecule has 20 heavy (non-hydrogen) atoms. The van der Waals surface area contributed by atoms with E-state index in [0.29, 0.717) is 31.7 Å². The van der Waals surface area contributed by atoms with Crippen molar-refractivity contribution in [2.45, 2.75) is 12.3 Å². The Morgan fingerprint density at radius 1 is 1.10 bits per heavy atom. The van der Waals surface area contributed by atoms with Crippen molar-refractivity contribution < 1.29 is 9.59 Å². The van der Waals surface area contributed by atoms with Crippen LogP contribution in [-0.2, 0) is 4.79 Å². The van der Waals surface area contributed by atoms with E-state index in [1.54, 1.807) is 28.9 Å². The number of rotatable bonds is 2. The quantitative estimate of drug-likeness (QED) is 0.761. The maximum Gasteiger partial charge on any atom is 0.253 e. The third-order valence-corrected chi connectivity index (χ3v) is 4.03. The highest BCUT2D eigenvalue weighted by atomic mass is 79.9. The van der Waals surface area contributed by atoms with Gasteiger partial charge in [-0.25, -0.2) is 0 Å². The molecule has 0 N–H and O–H groups in total. The second-order valence-electron chi connectivity index (χ2n) is 4.74. The van der Waals surface area contributed by atoms with Gasteiger partial charge in [0.15, 0.2) is 0 Å². The summed E-state index contributed by atoms with van der Waals surface area (Å²) in [5.74, 6) is -0.0640. The molecule has 1 unspecified atom stereocenters. The summed E-state index contributed by atoms with van der Waals surface area (Å²) >= 11 is 9.14. The summed E-state index contributed by atoms with van der Waals surface area (Å²) in [6.07, 6.45) is 0. The number of benzene rings is 1. The molecule has 4 nitrogen and oxygen atoms in total. The Morgan fingerprint density at radius 2 is 1.60 bits per heavy atom. The molecule has 2 rings (SSSR count). The lowest BCUT2D eigenvalue weighted by molar-refractivity contribution is -0.131. The highest BCUT2D eigenvalue weighted by Crippen LogP contribution is 2.14. The summed E-state index contributed by atoms with van der Waals surface area (Å²) < 4.78 is 0.945. The molecule has 2 amide bonds. The highest BCUT2D eigenvalue weighted by molar-refractivity contribution is 9.10. The van der Waals surface area contributed by atoms with E-state index in [1.165, 1.54) is 0 Å². The van der Waals surface area contributed by atoms with Gasteiger partial charge in [0.1, 0.15) is 5.38 Å². The lowest BCUT2D eigenvalue weighted by atomic mass is 10.2. The number of nitrogens with zero attached hydrogens (tertiary/aromatic N) is 2. The molecule has 0 radical (unpaired) electrons. The van der Waals surface area contributed by atoms with Gasteiger partial charge in [-0.15, -0.1) is 11.6 Å². The van der Waals surface area contributed by atoms with Gasteiger partial charge in [-0.3, -0.25) is 9.59 Å². The van der Waals surface area contributed by atoms with Gasteiger partial charge in [0.25, 0.3) is 5.91 Å². The van der Waals surface area contributed by atoms with Crippen molar-refractivity contribution >= 4 is 39.3 Å². The topological polar surface area (TPSA) is 40.6 Å². The summed E-state index contributed by atoms with van der Waals surface area (Å²) in [5, 5.41) is -0.510. The average molecular weight is 360 g/mol. The second-order valence-corrected chi connectivity index (χ2v) is 6.31. The van der Waals surface area contributed by atoms with Crippen LogP contribution < -0.4 is 0 Å². The molecule has 1 aromatic carbocycles. The van der Waals surface area contributed by atoms with Crippen molar-refractivity contribution in [1.29, 1.82) is 0 Å². The van der Waals surface area contributed by atoms with Crippen LogP contribution in [0.1, 0.15) is 17.3 Å². The fraction of sp³-hybridized carbons (Fsp3) is 0.429. The molecule has 0 spiro atoms. The Balaban J connectivity index is 1.95. The smallest absolute Gasteiger partial charge is 0.253 e. The largest absolute Gasteiger partial charge is 0.338 e. The van der Waals surface area contributed by atoms with E-state index in [1.807, 2.05) is 12.1 Å². The molecule has 1 aliphatic rings. The van der Waals surface area contributed by atoms with Gasteiger partial charge in [-0.1, -0.05) is 15.9 Å². The van der Waals surface area contributed by atoms with Crippen LogP contribution in [0.2, 0.25) is 0 Å². The maximum atomic E-state index is 12.3. The van der Waals surface area contributed by atoms with Gasteiger partial charge in [-0.05, 0) is 31.2 Å². The summed E-state index contributed by atoms with van der Waals surface area (Å²) in [6, 6.07) is 7.29. The molecule has 1 saturated heterocycles. The van der Waals surface area contributed by atoms with E-state index < -0.39 is 5.38 Å². The molecular formula is C14H16BrClN2O2. The first-order valence-corrected chi connectivity index (χ1v) is 7.69. The van der Waals surface area contributed by atoms with Crippen LogP contribution in [0, 0.1) is 0 Å². The molecule has 1 fully saturated rings. The van der Waals surface area contributed by atoms with Crippen LogP contribution in [0.3, 0.4) is 0 Å². The SMILES string of the molecule is CC(Cl)C(=O)N1CCN(C(=O)c2ccc(Br)cc2)CC1. The van der Waals surface area contributed by atoms with Gasteiger partial charge >= 0.3 is 0 Å². The van der Waals surface area contributed by atoms with Crippen molar-refractivity contribution in [2.24, 2.45) is 0 Å².